The molecule has 1 heterocycles. The van der Waals surface area contributed by atoms with Crippen molar-refractivity contribution in [2.45, 2.75) is 58.4 Å². The summed E-state index contributed by atoms with van der Waals surface area (Å²) in [5.41, 5.74) is 0. The number of piperazine rings is 1. The van der Waals surface area contributed by atoms with E-state index >= 15 is 0 Å². The van der Waals surface area contributed by atoms with E-state index in [0.29, 0.717) is 19.0 Å². The molecule has 0 aromatic rings. The Labute approximate surface area is 174 Å². The van der Waals surface area contributed by atoms with Crippen LogP contribution in [-0.4, -0.2) is 72.9 Å². The quantitative estimate of drug-likeness (QED) is 0.357. The Hall–Kier alpha value is -1.06. The van der Waals surface area contributed by atoms with E-state index in [9.17, 15) is 9.59 Å². The Balaban J connectivity index is 0.00000338. The standard InChI is InChI=1S/C18H33N5O2.HI/c1-3-19-18(23-13-11-22(12-14-23)15(2)24)20-10-9-17(25)21-16-7-5-4-6-8-16;/h16H,3-14H2,1-2H3,(H,19,20)(H,21,25);1H. The SMILES string of the molecule is CCNC(=NCCC(=O)NC1CCCCC1)N1CCN(C(C)=O)CC1.I. The molecule has 0 atom stereocenters. The summed E-state index contributed by atoms with van der Waals surface area (Å²) >= 11 is 0. The van der Waals surface area contributed by atoms with Crippen molar-refractivity contribution in [3.63, 3.8) is 0 Å². The average Bonchev–Trinajstić information content (AvgIpc) is 2.62. The van der Waals surface area contributed by atoms with Gasteiger partial charge >= 0.3 is 0 Å². The van der Waals surface area contributed by atoms with Crippen LogP contribution in [0.2, 0.25) is 0 Å². The highest BCUT2D eigenvalue weighted by atomic mass is 127. The fourth-order valence-electron chi connectivity index (χ4n) is 3.47. The number of rotatable bonds is 5. The summed E-state index contributed by atoms with van der Waals surface area (Å²) in [4.78, 5) is 32.1. The maximum absolute atomic E-state index is 12.1. The van der Waals surface area contributed by atoms with E-state index in [0.717, 1.165) is 51.5 Å². The number of carbonyl (C=O) groups is 2. The van der Waals surface area contributed by atoms with E-state index in [1.54, 1.807) is 6.92 Å². The molecule has 1 aliphatic carbocycles. The lowest BCUT2D eigenvalue weighted by Gasteiger charge is -2.36. The van der Waals surface area contributed by atoms with Gasteiger partial charge in [0.25, 0.3) is 0 Å². The fourth-order valence-corrected chi connectivity index (χ4v) is 3.47. The second-order valence-corrected chi connectivity index (χ2v) is 6.88. The molecule has 7 nitrogen and oxygen atoms in total. The van der Waals surface area contributed by atoms with Crippen molar-refractivity contribution in [2.24, 2.45) is 4.99 Å². The molecule has 2 amide bonds. The summed E-state index contributed by atoms with van der Waals surface area (Å²) in [7, 11) is 0. The van der Waals surface area contributed by atoms with Crippen molar-refractivity contribution in [3.8, 4) is 0 Å². The minimum absolute atomic E-state index is 0. The highest BCUT2D eigenvalue weighted by molar-refractivity contribution is 14.0. The van der Waals surface area contributed by atoms with Crippen LogP contribution in [0.1, 0.15) is 52.4 Å². The van der Waals surface area contributed by atoms with Gasteiger partial charge in [0.05, 0.1) is 6.54 Å². The van der Waals surface area contributed by atoms with Crippen LogP contribution >= 0.6 is 24.0 Å². The molecule has 26 heavy (non-hydrogen) atoms. The van der Waals surface area contributed by atoms with Crippen LogP contribution < -0.4 is 10.6 Å². The van der Waals surface area contributed by atoms with Crippen molar-refractivity contribution in [3.05, 3.63) is 0 Å². The van der Waals surface area contributed by atoms with Crippen molar-refractivity contribution < 1.29 is 9.59 Å². The number of amides is 2. The number of hydrogen-bond acceptors (Lipinski definition) is 3. The van der Waals surface area contributed by atoms with Gasteiger partial charge in [-0.2, -0.15) is 0 Å². The lowest BCUT2D eigenvalue weighted by Crippen LogP contribution is -2.53. The molecule has 0 aromatic heterocycles. The molecule has 0 bridgehead atoms. The summed E-state index contributed by atoms with van der Waals surface area (Å²) in [6.45, 7) is 7.94. The summed E-state index contributed by atoms with van der Waals surface area (Å²) < 4.78 is 0. The van der Waals surface area contributed by atoms with Crippen molar-refractivity contribution in [1.82, 2.24) is 20.4 Å². The van der Waals surface area contributed by atoms with Crippen molar-refractivity contribution >= 4 is 41.8 Å². The Morgan fingerprint density at radius 1 is 1.04 bits per heavy atom. The van der Waals surface area contributed by atoms with E-state index in [1.165, 1.54) is 19.3 Å². The Morgan fingerprint density at radius 3 is 2.23 bits per heavy atom. The number of guanidine groups is 1. The van der Waals surface area contributed by atoms with Gasteiger partial charge in [-0.05, 0) is 19.8 Å². The van der Waals surface area contributed by atoms with Gasteiger partial charge in [0.15, 0.2) is 5.96 Å². The molecule has 0 radical (unpaired) electrons. The normalized spacial score (nSPS) is 18.9. The smallest absolute Gasteiger partial charge is 0.222 e. The predicted octanol–water partition coefficient (Wildman–Crippen LogP) is 1.57. The topological polar surface area (TPSA) is 77.0 Å². The Morgan fingerprint density at radius 2 is 1.65 bits per heavy atom. The number of halogens is 1. The monoisotopic (exact) mass is 479 g/mol. The zero-order valence-electron chi connectivity index (χ0n) is 16.1. The first-order chi connectivity index (χ1) is 12.1. The summed E-state index contributed by atoms with van der Waals surface area (Å²) in [6, 6.07) is 0.359. The van der Waals surface area contributed by atoms with E-state index in [4.69, 9.17) is 0 Å². The first-order valence-electron chi connectivity index (χ1n) is 9.68. The highest BCUT2D eigenvalue weighted by Gasteiger charge is 2.21. The molecule has 8 heteroatoms. The molecule has 2 fully saturated rings. The molecule has 2 N–H and O–H groups in total. The van der Waals surface area contributed by atoms with Crippen LogP contribution in [-0.2, 0) is 9.59 Å². The van der Waals surface area contributed by atoms with Crippen LogP contribution in [0.25, 0.3) is 0 Å². The van der Waals surface area contributed by atoms with Crippen LogP contribution in [0.5, 0.6) is 0 Å². The molecule has 1 saturated carbocycles. The predicted molar refractivity (Wildman–Crippen MR) is 115 cm³/mol. The second kappa shape index (κ2) is 12.3. The van der Waals surface area contributed by atoms with Gasteiger partial charge in [-0.3, -0.25) is 14.6 Å². The van der Waals surface area contributed by atoms with Crippen molar-refractivity contribution in [2.75, 3.05) is 39.3 Å². The van der Waals surface area contributed by atoms with Crippen LogP contribution in [0.15, 0.2) is 4.99 Å². The lowest BCUT2D eigenvalue weighted by atomic mass is 9.95. The third-order valence-electron chi connectivity index (χ3n) is 4.93. The molecule has 1 aliphatic heterocycles. The molecule has 0 unspecified atom stereocenters. The van der Waals surface area contributed by atoms with Gasteiger partial charge in [0, 0.05) is 52.1 Å². The zero-order valence-corrected chi connectivity index (χ0v) is 18.5. The Kier molecular flexibility index (Phi) is 10.9. The van der Waals surface area contributed by atoms with E-state index in [-0.39, 0.29) is 35.8 Å². The molecule has 2 aliphatic rings. The average molecular weight is 479 g/mol. The molecular formula is C18H34IN5O2. The van der Waals surface area contributed by atoms with Crippen molar-refractivity contribution in [1.29, 1.82) is 0 Å². The maximum Gasteiger partial charge on any atom is 0.222 e. The number of nitrogens with zero attached hydrogens (tertiary/aromatic N) is 3. The minimum atomic E-state index is 0. The molecule has 150 valence electrons. The van der Waals surface area contributed by atoms with Gasteiger partial charge in [0.1, 0.15) is 0 Å². The van der Waals surface area contributed by atoms with Gasteiger partial charge in [0.2, 0.25) is 11.8 Å². The molecule has 2 rings (SSSR count). The van der Waals surface area contributed by atoms with Gasteiger partial charge in [-0.1, -0.05) is 19.3 Å². The largest absolute Gasteiger partial charge is 0.357 e. The third kappa shape index (κ3) is 7.67. The van der Waals surface area contributed by atoms with Gasteiger partial charge in [-0.25, -0.2) is 0 Å². The van der Waals surface area contributed by atoms with Gasteiger partial charge < -0.3 is 20.4 Å². The van der Waals surface area contributed by atoms with E-state index in [2.05, 4.69) is 20.5 Å². The molecule has 1 saturated heterocycles. The fraction of sp³-hybridized carbons (Fsp3) is 0.833. The number of carbonyl (C=O) groups excluding carboxylic acids is 2. The second-order valence-electron chi connectivity index (χ2n) is 6.88. The first-order valence-corrected chi connectivity index (χ1v) is 9.68. The van der Waals surface area contributed by atoms with Gasteiger partial charge in [-0.15, -0.1) is 24.0 Å². The highest BCUT2D eigenvalue weighted by Crippen LogP contribution is 2.17. The minimum Gasteiger partial charge on any atom is -0.357 e. The lowest BCUT2D eigenvalue weighted by molar-refractivity contribution is -0.130. The number of nitrogens with one attached hydrogen (secondary N) is 2. The van der Waals surface area contributed by atoms with Crippen LogP contribution in [0.3, 0.4) is 0 Å². The molecule has 0 spiro atoms. The number of hydrogen-bond donors (Lipinski definition) is 2. The molecular weight excluding hydrogens is 445 g/mol. The van der Waals surface area contributed by atoms with E-state index < -0.39 is 0 Å². The van der Waals surface area contributed by atoms with Crippen LogP contribution in [0.4, 0.5) is 0 Å². The molecule has 0 aromatic carbocycles. The summed E-state index contributed by atoms with van der Waals surface area (Å²) in [5.74, 6) is 1.07. The van der Waals surface area contributed by atoms with Crippen LogP contribution in [0, 0.1) is 0 Å². The Bertz CT molecular complexity index is 472. The maximum atomic E-state index is 12.1. The van der Waals surface area contributed by atoms with E-state index in [1.807, 2.05) is 11.8 Å². The zero-order chi connectivity index (χ0) is 18.1. The third-order valence-corrected chi connectivity index (χ3v) is 4.93. The summed E-state index contributed by atoms with van der Waals surface area (Å²) in [6.07, 6.45) is 6.38. The first kappa shape index (κ1) is 23.0. The summed E-state index contributed by atoms with van der Waals surface area (Å²) in [5, 5.41) is 6.43. The number of aliphatic imine (C=N–C) groups is 1.